The molecule has 6 rings (SSSR count). The van der Waals surface area contributed by atoms with Crippen molar-refractivity contribution in [2.45, 2.75) is 38.0 Å². The van der Waals surface area contributed by atoms with Crippen LogP contribution in [0.5, 0.6) is 17.2 Å². The number of ether oxygens (including phenoxy) is 3. The lowest BCUT2D eigenvalue weighted by molar-refractivity contribution is -0.130. The second-order valence-corrected chi connectivity index (χ2v) is 13.2. The average molecular weight is 697 g/mol. The van der Waals surface area contributed by atoms with Crippen molar-refractivity contribution in [2.75, 3.05) is 27.1 Å². The molecule has 2 amide bonds. The van der Waals surface area contributed by atoms with Crippen LogP contribution in [0.1, 0.15) is 50.2 Å². The van der Waals surface area contributed by atoms with Gasteiger partial charge in [0, 0.05) is 12.0 Å². The van der Waals surface area contributed by atoms with Crippen molar-refractivity contribution in [1.82, 2.24) is 25.1 Å². The van der Waals surface area contributed by atoms with E-state index in [4.69, 9.17) is 19.3 Å². The number of hydrazone groups is 1. The number of carbonyl (C=O) groups excluding carboxylic acids is 2. The van der Waals surface area contributed by atoms with Gasteiger partial charge in [-0.15, -0.1) is 21.5 Å². The number of rotatable bonds is 12. The number of hydrogen-bond acceptors (Lipinski definition) is 10. The Morgan fingerprint density at radius 2 is 1.78 bits per heavy atom. The number of amides is 2. The molecule has 3 heterocycles. The summed E-state index contributed by atoms with van der Waals surface area (Å²) in [5, 5.41) is 20.7. The van der Waals surface area contributed by atoms with Crippen LogP contribution in [0.2, 0.25) is 0 Å². The number of aryl methyl sites for hydroxylation is 2. The van der Waals surface area contributed by atoms with Crippen molar-refractivity contribution in [3.05, 3.63) is 111 Å². The van der Waals surface area contributed by atoms with Crippen LogP contribution in [-0.2, 0) is 11.3 Å². The summed E-state index contributed by atoms with van der Waals surface area (Å²) in [5.41, 5.74) is 5.37. The smallest absolute Gasteiger partial charge is 0.261 e. The van der Waals surface area contributed by atoms with Crippen LogP contribution in [0.3, 0.4) is 0 Å². The highest BCUT2D eigenvalue weighted by Gasteiger charge is 2.36. The molecule has 252 valence electrons. The highest BCUT2D eigenvalue weighted by molar-refractivity contribution is 7.99. The molecule has 13 heteroatoms. The second-order valence-electron chi connectivity index (χ2n) is 11.3. The van der Waals surface area contributed by atoms with Crippen LogP contribution in [-0.4, -0.2) is 64.4 Å². The first-order chi connectivity index (χ1) is 23.8. The summed E-state index contributed by atoms with van der Waals surface area (Å²) >= 11 is 2.64. The van der Waals surface area contributed by atoms with Gasteiger partial charge in [0.25, 0.3) is 11.8 Å². The highest BCUT2D eigenvalue weighted by Crippen LogP contribution is 2.42. The molecule has 1 atom stereocenters. The first kappa shape index (κ1) is 33.7. The number of methoxy groups -OCH3 is 3. The lowest BCUT2D eigenvalue weighted by Gasteiger charge is -2.24. The van der Waals surface area contributed by atoms with Gasteiger partial charge in [0.1, 0.15) is 5.75 Å². The minimum absolute atomic E-state index is 0.0345. The molecule has 0 saturated carbocycles. The Bertz CT molecular complexity index is 1990. The maximum absolute atomic E-state index is 14.1. The van der Waals surface area contributed by atoms with Crippen LogP contribution in [0.25, 0.3) is 5.69 Å². The van der Waals surface area contributed by atoms with E-state index < -0.39 is 6.04 Å². The Labute approximate surface area is 292 Å². The molecule has 0 aliphatic carbocycles. The highest BCUT2D eigenvalue weighted by atomic mass is 32.2. The minimum atomic E-state index is -0.435. The number of thiophene rings is 1. The summed E-state index contributed by atoms with van der Waals surface area (Å²) in [6, 6.07) is 22.6. The molecule has 1 aliphatic heterocycles. The number of nitrogens with one attached hydrogen (secondary N) is 1. The van der Waals surface area contributed by atoms with Crippen molar-refractivity contribution >= 4 is 40.6 Å². The molecule has 0 saturated heterocycles. The minimum Gasteiger partial charge on any atom is -0.497 e. The molecule has 3 aromatic carbocycles. The van der Waals surface area contributed by atoms with E-state index in [1.807, 2.05) is 90.5 Å². The fraction of sp³-hybridized carbons (Fsp3) is 0.250. The van der Waals surface area contributed by atoms with Gasteiger partial charge in [0.05, 0.1) is 55.9 Å². The van der Waals surface area contributed by atoms with Gasteiger partial charge in [0.2, 0.25) is 0 Å². The molecule has 1 N–H and O–H groups in total. The van der Waals surface area contributed by atoms with Gasteiger partial charge in [-0.25, -0.2) is 5.01 Å². The topological polar surface area (TPSA) is 120 Å². The zero-order valence-corrected chi connectivity index (χ0v) is 29.4. The molecule has 0 spiro atoms. The fourth-order valence-corrected chi connectivity index (χ4v) is 7.13. The fourth-order valence-electron chi connectivity index (χ4n) is 5.67. The normalized spacial score (nSPS) is 14.0. The van der Waals surface area contributed by atoms with Crippen molar-refractivity contribution < 1.29 is 23.8 Å². The van der Waals surface area contributed by atoms with E-state index in [0.717, 1.165) is 39.4 Å². The van der Waals surface area contributed by atoms with Crippen LogP contribution in [0.15, 0.2) is 88.4 Å². The monoisotopic (exact) mass is 696 g/mol. The predicted octanol–water partition coefficient (Wildman–Crippen LogP) is 6.37. The maximum atomic E-state index is 14.1. The number of thioether (sulfide) groups is 1. The molecule has 11 nitrogen and oxygen atoms in total. The Morgan fingerprint density at radius 3 is 2.49 bits per heavy atom. The SMILES string of the molecule is COc1ccc(C2=NN(C(=O)CSc3nnc(CNC(=O)c4cccs4)n3-c3cc(C)ccc3C)C(c3cccc(OC)c3OC)C2)cc1. The predicted molar refractivity (Wildman–Crippen MR) is 190 cm³/mol. The summed E-state index contributed by atoms with van der Waals surface area (Å²) < 4.78 is 18.6. The van der Waals surface area contributed by atoms with Crippen molar-refractivity contribution in [3.8, 4) is 22.9 Å². The van der Waals surface area contributed by atoms with E-state index >= 15 is 0 Å². The van der Waals surface area contributed by atoms with Gasteiger partial charge in [-0.1, -0.05) is 42.1 Å². The lowest BCUT2D eigenvalue weighted by atomic mass is 9.97. The quantitative estimate of drug-likeness (QED) is 0.150. The molecular formula is C36H36N6O5S2. The van der Waals surface area contributed by atoms with Crippen LogP contribution in [0.4, 0.5) is 0 Å². The third-order valence-corrected chi connectivity index (χ3v) is 9.95. The van der Waals surface area contributed by atoms with E-state index in [1.54, 1.807) is 27.4 Å². The molecule has 1 aliphatic rings. The molecule has 1 unspecified atom stereocenters. The molecule has 2 aromatic heterocycles. The Balaban J connectivity index is 1.30. The van der Waals surface area contributed by atoms with Gasteiger partial charge in [-0.2, -0.15) is 5.10 Å². The Morgan fingerprint density at radius 1 is 0.959 bits per heavy atom. The van der Waals surface area contributed by atoms with Crippen molar-refractivity contribution in [1.29, 1.82) is 0 Å². The average Bonchev–Trinajstić information content (AvgIpc) is 3.91. The number of nitrogens with zero attached hydrogens (tertiary/aromatic N) is 5. The van der Waals surface area contributed by atoms with E-state index in [2.05, 4.69) is 15.5 Å². The van der Waals surface area contributed by atoms with Gasteiger partial charge in [-0.3, -0.25) is 14.2 Å². The zero-order chi connectivity index (χ0) is 34.5. The van der Waals surface area contributed by atoms with Gasteiger partial charge in [0.15, 0.2) is 22.5 Å². The number of carbonyl (C=O) groups is 2. The maximum Gasteiger partial charge on any atom is 0.261 e. The summed E-state index contributed by atoms with van der Waals surface area (Å²) in [6.45, 7) is 4.18. The second kappa shape index (κ2) is 15.0. The largest absolute Gasteiger partial charge is 0.497 e. The number of aromatic nitrogens is 3. The number of para-hydroxylation sites is 1. The molecule has 49 heavy (non-hydrogen) atoms. The van der Waals surface area contributed by atoms with Gasteiger partial charge < -0.3 is 19.5 Å². The lowest BCUT2D eigenvalue weighted by Crippen LogP contribution is -2.29. The molecule has 0 bridgehead atoms. The number of hydrogen-bond donors (Lipinski definition) is 1. The third kappa shape index (κ3) is 7.18. The van der Waals surface area contributed by atoms with E-state index in [9.17, 15) is 9.59 Å². The van der Waals surface area contributed by atoms with Gasteiger partial charge >= 0.3 is 0 Å². The Hall–Kier alpha value is -5.14. The van der Waals surface area contributed by atoms with Crippen LogP contribution in [0, 0.1) is 13.8 Å². The van der Waals surface area contributed by atoms with Crippen LogP contribution >= 0.6 is 23.1 Å². The summed E-state index contributed by atoms with van der Waals surface area (Å²) in [4.78, 5) is 27.5. The summed E-state index contributed by atoms with van der Waals surface area (Å²) in [7, 11) is 4.80. The third-order valence-electron chi connectivity index (χ3n) is 8.16. The zero-order valence-electron chi connectivity index (χ0n) is 27.8. The summed E-state index contributed by atoms with van der Waals surface area (Å²) in [5.74, 6) is 2.03. The molecular weight excluding hydrogens is 661 g/mol. The molecule has 5 aromatic rings. The van der Waals surface area contributed by atoms with E-state index in [1.165, 1.54) is 28.1 Å². The van der Waals surface area contributed by atoms with Crippen molar-refractivity contribution in [3.63, 3.8) is 0 Å². The molecule has 0 radical (unpaired) electrons. The Kier molecular flexibility index (Phi) is 10.3. The summed E-state index contributed by atoms with van der Waals surface area (Å²) in [6.07, 6.45) is 0.471. The van der Waals surface area contributed by atoms with E-state index in [0.29, 0.717) is 33.8 Å². The molecule has 0 fully saturated rings. The van der Waals surface area contributed by atoms with Crippen LogP contribution < -0.4 is 19.5 Å². The first-order valence-corrected chi connectivity index (χ1v) is 17.4. The standard InChI is InChI=1S/C36H36N6O5S2/c1-22-11-12-23(2)28(18-22)41-32(20-37-35(44)31-10-7-17-48-31)38-39-36(41)49-21-33(43)42-29(26-8-6-9-30(46-4)34(26)47-5)19-27(40-42)24-13-15-25(45-3)16-14-24/h6-18,29H,19-21H2,1-5H3,(H,37,44). The van der Waals surface area contributed by atoms with Gasteiger partial charge in [-0.05, 0) is 78.4 Å². The first-order valence-electron chi connectivity index (χ1n) is 15.5. The van der Waals surface area contributed by atoms with E-state index in [-0.39, 0.29) is 24.1 Å². The van der Waals surface area contributed by atoms with Crippen molar-refractivity contribution in [2.24, 2.45) is 5.10 Å². The number of benzene rings is 3.